The van der Waals surface area contributed by atoms with Crippen LogP contribution < -0.4 is 5.32 Å². The molecule has 0 unspecified atom stereocenters. The Kier molecular flexibility index (Phi) is 6.80. The number of rotatable bonds is 7. The van der Waals surface area contributed by atoms with Crippen LogP contribution in [-0.2, 0) is 14.3 Å². The molecule has 0 bridgehead atoms. The molecule has 3 rings (SSSR count). The fraction of sp³-hybridized carbons (Fsp3) is 0.208. The second kappa shape index (κ2) is 9.69. The zero-order valence-electron chi connectivity index (χ0n) is 17.3. The van der Waals surface area contributed by atoms with Crippen molar-refractivity contribution in [1.82, 2.24) is 15.1 Å². The van der Waals surface area contributed by atoms with E-state index in [1.165, 1.54) is 6.08 Å². The molecule has 1 amide bonds. The van der Waals surface area contributed by atoms with Crippen molar-refractivity contribution < 1.29 is 14.3 Å². The van der Waals surface area contributed by atoms with Crippen molar-refractivity contribution in [2.45, 2.75) is 26.8 Å². The maximum Gasteiger partial charge on any atom is 0.333 e. The predicted molar refractivity (Wildman–Crippen MR) is 116 cm³/mol. The monoisotopic (exact) mass is 403 g/mol. The summed E-state index contributed by atoms with van der Waals surface area (Å²) in [6, 6.07) is 18.2. The van der Waals surface area contributed by atoms with Crippen LogP contribution in [0.25, 0.3) is 11.8 Å². The molecule has 1 N–H and O–H groups in total. The average molecular weight is 403 g/mol. The Morgan fingerprint density at radius 2 is 1.70 bits per heavy atom. The summed E-state index contributed by atoms with van der Waals surface area (Å²) in [6.07, 6.45) is 3.11. The summed E-state index contributed by atoms with van der Waals surface area (Å²) in [5, 5.41) is 7.37. The predicted octanol–water partition coefficient (Wildman–Crippen LogP) is 3.92. The lowest BCUT2D eigenvalue weighted by molar-refractivity contribution is -0.147. The molecule has 1 heterocycles. The van der Waals surface area contributed by atoms with E-state index >= 15 is 0 Å². The van der Waals surface area contributed by atoms with Crippen molar-refractivity contribution in [1.29, 1.82) is 0 Å². The van der Waals surface area contributed by atoms with Crippen LogP contribution in [-0.4, -0.2) is 28.3 Å². The molecule has 30 heavy (non-hydrogen) atoms. The smallest absolute Gasteiger partial charge is 0.333 e. The Balaban J connectivity index is 1.91. The van der Waals surface area contributed by atoms with Gasteiger partial charge < -0.3 is 10.1 Å². The zero-order chi connectivity index (χ0) is 21.5. The third-order valence-corrected chi connectivity index (χ3v) is 4.67. The van der Waals surface area contributed by atoms with E-state index in [9.17, 15) is 9.59 Å². The van der Waals surface area contributed by atoms with Gasteiger partial charge in [0.15, 0.2) is 6.04 Å². The fourth-order valence-electron chi connectivity index (χ4n) is 3.29. The molecule has 0 aliphatic heterocycles. The minimum absolute atomic E-state index is 0.218. The number of benzene rings is 2. The number of nitrogens with one attached hydrogen (secondary N) is 1. The first kappa shape index (κ1) is 21.0. The van der Waals surface area contributed by atoms with Gasteiger partial charge >= 0.3 is 5.97 Å². The van der Waals surface area contributed by atoms with Crippen LogP contribution in [0.5, 0.6) is 0 Å². The lowest BCUT2D eigenvalue weighted by Crippen LogP contribution is -2.34. The topological polar surface area (TPSA) is 73.2 Å². The van der Waals surface area contributed by atoms with Gasteiger partial charge in [0.2, 0.25) is 5.91 Å². The van der Waals surface area contributed by atoms with Gasteiger partial charge in [0.05, 0.1) is 18.0 Å². The van der Waals surface area contributed by atoms with Gasteiger partial charge in [-0.25, -0.2) is 9.48 Å². The number of hydrogen-bond donors (Lipinski definition) is 1. The van der Waals surface area contributed by atoms with Gasteiger partial charge in [-0.2, -0.15) is 5.10 Å². The van der Waals surface area contributed by atoms with Crippen LogP contribution in [0.2, 0.25) is 0 Å². The molecule has 1 atom stereocenters. The average Bonchev–Trinajstić information content (AvgIpc) is 3.06. The molecule has 2 aromatic carbocycles. The van der Waals surface area contributed by atoms with Crippen LogP contribution >= 0.6 is 0 Å². The van der Waals surface area contributed by atoms with E-state index in [4.69, 9.17) is 4.74 Å². The molecular weight excluding hydrogens is 378 g/mol. The summed E-state index contributed by atoms with van der Waals surface area (Å²) in [6.45, 7) is 5.65. The van der Waals surface area contributed by atoms with E-state index in [0.717, 1.165) is 16.9 Å². The maximum absolute atomic E-state index is 12.7. The van der Waals surface area contributed by atoms with Crippen molar-refractivity contribution in [3.63, 3.8) is 0 Å². The number of hydrogen-bond acceptors (Lipinski definition) is 4. The number of aromatic nitrogens is 2. The van der Waals surface area contributed by atoms with Crippen molar-refractivity contribution in [2.24, 2.45) is 0 Å². The van der Waals surface area contributed by atoms with E-state index < -0.39 is 12.0 Å². The lowest BCUT2D eigenvalue weighted by atomic mass is 10.0. The normalized spacial score (nSPS) is 12.0. The first-order chi connectivity index (χ1) is 14.5. The number of ether oxygens (including phenoxy) is 1. The Morgan fingerprint density at radius 3 is 2.33 bits per heavy atom. The zero-order valence-corrected chi connectivity index (χ0v) is 17.3. The van der Waals surface area contributed by atoms with Gasteiger partial charge in [0.25, 0.3) is 0 Å². The summed E-state index contributed by atoms with van der Waals surface area (Å²) < 4.78 is 7.00. The summed E-state index contributed by atoms with van der Waals surface area (Å²) >= 11 is 0. The van der Waals surface area contributed by atoms with E-state index in [0.29, 0.717) is 11.3 Å². The Hall–Kier alpha value is -3.67. The molecule has 154 valence electrons. The van der Waals surface area contributed by atoms with E-state index in [1.54, 1.807) is 17.7 Å². The fourth-order valence-corrected chi connectivity index (χ4v) is 3.29. The number of aryl methyl sites for hydroxylation is 1. The third-order valence-electron chi connectivity index (χ3n) is 4.67. The van der Waals surface area contributed by atoms with Crippen LogP contribution in [0, 0.1) is 13.8 Å². The Morgan fingerprint density at radius 1 is 1.07 bits per heavy atom. The van der Waals surface area contributed by atoms with E-state index in [-0.39, 0.29) is 12.5 Å². The Labute approximate surface area is 176 Å². The van der Waals surface area contributed by atoms with Gasteiger partial charge in [0, 0.05) is 17.3 Å². The molecule has 0 saturated heterocycles. The second-order valence-electron chi connectivity index (χ2n) is 6.77. The van der Waals surface area contributed by atoms with Crippen molar-refractivity contribution in [2.75, 3.05) is 6.61 Å². The SMILES string of the molecule is CCOC(=O)[C@@H](NC(=O)/C=C/c1ccccc1)c1c(C)nn(-c2ccccc2)c1C. The molecule has 6 nitrogen and oxygen atoms in total. The van der Waals surface area contributed by atoms with Crippen molar-refractivity contribution in [3.05, 3.63) is 89.3 Å². The standard InChI is InChI=1S/C24H25N3O3/c1-4-30-24(29)23(25-21(28)16-15-19-11-7-5-8-12-19)22-17(2)26-27(18(22)3)20-13-9-6-10-14-20/h5-16,23H,4H2,1-3H3,(H,25,28)/b16-15+/t23-/m0/s1. The van der Waals surface area contributed by atoms with Crippen LogP contribution in [0.15, 0.2) is 66.7 Å². The highest BCUT2D eigenvalue weighted by molar-refractivity contribution is 5.95. The largest absolute Gasteiger partial charge is 0.464 e. The van der Waals surface area contributed by atoms with Crippen LogP contribution in [0.1, 0.15) is 35.5 Å². The number of nitrogens with zero attached hydrogens (tertiary/aromatic N) is 2. The molecule has 0 spiro atoms. The number of esters is 1. The molecule has 0 aliphatic carbocycles. The van der Waals surface area contributed by atoms with Crippen LogP contribution in [0.3, 0.4) is 0 Å². The van der Waals surface area contributed by atoms with Gasteiger partial charge in [-0.05, 0) is 44.5 Å². The molecule has 0 aliphatic rings. The number of amides is 1. The summed E-state index contributed by atoms with van der Waals surface area (Å²) in [4.78, 5) is 25.3. The molecule has 0 saturated carbocycles. The first-order valence-corrected chi connectivity index (χ1v) is 9.83. The highest BCUT2D eigenvalue weighted by Gasteiger charge is 2.30. The van der Waals surface area contributed by atoms with E-state index in [2.05, 4.69) is 10.4 Å². The van der Waals surface area contributed by atoms with Crippen molar-refractivity contribution in [3.8, 4) is 5.69 Å². The lowest BCUT2D eigenvalue weighted by Gasteiger charge is -2.17. The molecular formula is C24H25N3O3. The highest BCUT2D eigenvalue weighted by Crippen LogP contribution is 2.25. The van der Waals surface area contributed by atoms with Gasteiger partial charge in [-0.15, -0.1) is 0 Å². The molecule has 1 aromatic heterocycles. The molecule has 6 heteroatoms. The Bertz CT molecular complexity index is 1040. The highest BCUT2D eigenvalue weighted by atomic mass is 16.5. The summed E-state index contributed by atoms with van der Waals surface area (Å²) in [7, 11) is 0. The van der Waals surface area contributed by atoms with Gasteiger partial charge in [-0.1, -0.05) is 48.5 Å². The van der Waals surface area contributed by atoms with Gasteiger partial charge in [-0.3, -0.25) is 4.79 Å². The van der Waals surface area contributed by atoms with E-state index in [1.807, 2.05) is 74.5 Å². The van der Waals surface area contributed by atoms with Gasteiger partial charge in [0.1, 0.15) is 0 Å². The number of carbonyl (C=O) groups excluding carboxylic acids is 2. The summed E-state index contributed by atoms with van der Waals surface area (Å²) in [5.41, 5.74) is 3.83. The minimum Gasteiger partial charge on any atom is -0.464 e. The first-order valence-electron chi connectivity index (χ1n) is 9.83. The quantitative estimate of drug-likeness (QED) is 0.479. The van der Waals surface area contributed by atoms with Crippen LogP contribution in [0.4, 0.5) is 0 Å². The minimum atomic E-state index is -0.949. The second-order valence-corrected chi connectivity index (χ2v) is 6.77. The van der Waals surface area contributed by atoms with Crippen molar-refractivity contribution >= 4 is 18.0 Å². The summed E-state index contributed by atoms with van der Waals surface area (Å²) in [5.74, 6) is -0.902. The third kappa shape index (κ3) is 4.84. The number of para-hydroxylation sites is 1. The molecule has 0 radical (unpaired) electrons. The number of carbonyl (C=O) groups is 2. The maximum atomic E-state index is 12.7. The molecule has 0 fully saturated rings. The molecule has 3 aromatic rings.